The Morgan fingerprint density at radius 3 is 2.56 bits per heavy atom. The molecule has 0 aliphatic heterocycles. The first-order valence-corrected chi connectivity index (χ1v) is 8.03. The minimum absolute atomic E-state index is 0.256. The van der Waals surface area contributed by atoms with Gasteiger partial charge < -0.3 is 14.5 Å². The Morgan fingerprint density at radius 1 is 1.15 bits per heavy atom. The third-order valence-electron chi connectivity index (χ3n) is 3.77. The number of para-hydroxylation sites is 1. The number of nitrogens with zero attached hydrogens (tertiary/aromatic N) is 1. The van der Waals surface area contributed by atoms with Gasteiger partial charge in [-0.25, -0.2) is 4.79 Å². The van der Waals surface area contributed by atoms with E-state index in [0.717, 1.165) is 6.07 Å². The van der Waals surface area contributed by atoms with Crippen LogP contribution in [0.15, 0.2) is 63.8 Å². The fourth-order valence-electron chi connectivity index (χ4n) is 2.35. The van der Waals surface area contributed by atoms with Crippen LogP contribution in [-0.2, 0) is 9.53 Å². The van der Waals surface area contributed by atoms with E-state index >= 15 is 0 Å². The molecule has 134 valence electrons. The molecule has 0 saturated carbocycles. The molecular weight excluding hydrogens is 348 g/mol. The van der Waals surface area contributed by atoms with E-state index < -0.39 is 18.0 Å². The number of hydrogen-bond acceptors (Lipinski definition) is 6. The summed E-state index contributed by atoms with van der Waals surface area (Å²) in [6, 6.07) is 15.8. The van der Waals surface area contributed by atoms with E-state index in [9.17, 15) is 14.4 Å². The number of amides is 1. The van der Waals surface area contributed by atoms with Crippen molar-refractivity contribution in [2.75, 3.05) is 5.32 Å². The number of fused-ring (bicyclic) bond motifs is 1. The predicted molar refractivity (Wildman–Crippen MR) is 97.1 cm³/mol. The molecule has 7 nitrogen and oxygen atoms in total. The van der Waals surface area contributed by atoms with Crippen molar-refractivity contribution < 1.29 is 18.7 Å². The summed E-state index contributed by atoms with van der Waals surface area (Å²) >= 11 is 0. The number of nitriles is 1. The third kappa shape index (κ3) is 4.02. The maximum absolute atomic E-state index is 12.2. The summed E-state index contributed by atoms with van der Waals surface area (Å²) in [6.45, 7) is 1.40. The first-order chi connectivity index (χ1) is 13.0. The number of benzene rings is 2. The van der Waals surface area contributed by atoms with E-state index in [1.807, 2.05) is 6.07 Å². The number of carbonyl (C=O) groups is 2. The maximum atomic E-state index is 12.2. The molecule has 0 spiro atoms. The smallest absolute Gasteiger partial charge is 0.375 e. The van der Waals surface area contributed by atoms with Crippen LogP contribution in [0.25, 0.3) is 11.0 Å². The monoisotopic (exact) mass is 362 g/mol. The SMILES string of the molecule is C[C@@H](OC(=O)c1cc(=O)c2ccccc2o1)C(=O)Nc1ccc(C#N)cc1. The second kappa shape index (κ2) is 7.54. The van der Waals surface area contributed by atoms with Crippen molar-refractivity contribution in [2.45, 2.75) is 13.0 Å². The van der Waals surface area contributed by atoms with Crippen molar-refractivity contribution >= 4 is 28.5 Å². The van der Waals surface area contributed by atoms with Crippen LogP contribution in [-0.4, -0.2) is 18.0 Å². The van der Waals surface area contributed by atoms with Gasteiger partial charge in [-0.15, -0.1) is 0 Å². The van der Waals surface area contributed by atoms with Gasteiger partial charge >= 0.3 is 5.97 Å². The Hall–Kier alpha value is -3.92. The van der Waals surface area contributed by atoms with Crippen molar-refractivity contribution in [3.05, 3.63) is 76.1 Å². The highest BCUT2D eigenvalue weighted by Crippen LogP contribution is 2.14. The zero-order valence-electron chi connectivity index (χ0n) is 14.3. The summed E-state index contributed by atoms with van der Waals surface area (Å²) in [5.41, 5.74) is 0.795. The highest BCUT2D eigenvalue weighted by Gasteiger charge is 2.21. The molecule has 0 bridgehead atoms. The normalized spacial score (nSPS) is 11.4. The average molecular weight is 362 g/mol. The predicted octanol–water partition coefficient (Wildman–Crippen LogP) is 2.85. The second-order valence-corrected chi connectivity index (χ2v) is 5.70. The molecule has 1 aromatic heterocycles. The van der Waals surface area contributed by atoms with Gasteiger partial charge in [0.05, 0.1) is 17.0 Å². The summed E-state index contributed by atoms with van der Waals surface area (Å²) < 4.78 is 10.5. The van der Waals surface area contributed by atoms with E-state index in [0.29, 0.717) is 16.6 Å². The average Bonchev–Trinajstić information content (AvgIpc) is 2.68. The minimum Gasteiger partial charge on any atom is -0.449 e. The zero-order valence-corrected chi connectivity index (χ0v) is 14.3. The Kier molecular flexibility index (Phi) is 4.99. The van der Waals surface area contributed by atoms with Crippen molar-refractivity contribution in [1.29, 1.82) is 5.26 Å². The van der Waals surface area contributed by atoms with Crippen molar-refractivity contribution in [1.82, 2.24) is 0 Å². The molecular formula is C20H14N2O5. The number of carbonyl (C=O) groups excluding carboxylic acids is 2. The first kappa shape index (κ1) is 17.9. The van der Waals surface area contributed by atoms with Gasteiger partial charge in [-0.1, -0.05) is 12.1 Å². The van der Waals surface area contributed by atoms with Crippen LogP contribution < -0.4 is 10.7 Å². The van der Waals surface area contributed by atoms with Crippen LogP contribution in [0.5, 0.6) is 0 Å². The lowest BCUT2D eigenvalue weighted by Crippen LogP contribution is -2.30. The minimum atomic E-state index is -1.12. The topological polar surface area (TPSA) is 109 Å². The molecule has 7 heteroatoms. The van der Waals surface area contributed by atoms with E-state index in [4.69, 9.17) is 14.4 Å². The molecule has 3 rings (SSSR count). The standard InChI is InChI=1S/C20H14N2O5/c1-12(19(24)22-14-8-6-13(11-21)7-9-14)26-20(25)18-10-16(23)15-4-2-3-5-17(15)27-18/h2-10,12H,1H3,(H,22,24)/t12-/m1/s1. The van der Waals surface area contributed by atoms with Gasteiger partial charge in [-0.2, -0.15) is 5.26 Å². The largest absolute Gasteiger partial charge is 0.449 e. The summed E-state index contributed by atoms with van der Waals surface area (Å²) in [5, 5.41) is 11.7. The van der Waals surface area contributed by atoms with Gasteiger partial charge in [0, 0.05) is 11.8 Å². The van der Waals surface area contributed by atoms with E-state index in [2.05, 4.69) is 5.32 Å². The summed E-state index contributed by atoms with van der Waals surface area (Å²) in [6.07, 6.45) is -1.12. The number of esters is 1. The summed E-state index contributed by atoms with van der Waals surface area (Å²) in [5.74, 6) is -1.76. The molecule has 0 aliphatic carbocycles. The van der Waals surface area contributed by atoms with Crippen LogP contribution in [0.2, 0.25) is 0 Å². The fraction of sp³-hybridized carbons (Fsp3) is 0.100. The van der Waals surface area contributed by atoms with Crippen LogP contribution in [0, 0.1) is 11.3 Å². The maximum Gasteiger partial charge on any atom is 0.375 e. The molecule has 1 amide bonds. The number of hydrogen-bond donors (Lipinski definition) is 1. The van der Waals surface area contributed by atoms with Crippen LogP contribution >= 0.6 is 0 Å². The molecule has 0 fully saturated rings. The number of rotatable bonds is 4. The summed E-state index contributed by atoms with van der Waals surface area (Å²) in [4.78, 5) is 36.4. The molecule has 1 N–H and O–H groups in total. The highest BCUT2D eigenvalue weighted by atomic mass is 16.6. The molecule has 0 unspecified atom stereocenters. The van der Waals surface area contributed by atoms with E-state index in [1.54, 1.807) is 48.5 Å². The fourth-order valence-corrected chi connectivity index (χ4v) is 2.35. The Balaban J connectivity index is 1.70. The quantitative estimate of drug-likeness (QED) is 0.715. The summed E-state index contributed by atoms with van der Waals surface area (Å²) in [7, 11) is 0. The highest BCUT2D eigenvalue weighted by molar-refractivity contribution is 5.97. The number of anilines is 1. The zero-order chi connectivity index (χ0) is 19.4. The van der Waals surface area contributed by atoms with Crippen LogP contribution in [0.1, 0.15) is 23.0 Å². The molecule has 1 atom stereocenters. The van der Waals surface area contributed by atoms with Crippen LogP contribution in [0.4, 0.5) is 5.69 Å². The third-order valence-corrected chi connectivity index (χ3v) is 3.77. The van der Waals surface area contributed by atoms with Gasteiger partial charge in [-0.3, -0.25) is 9.59 Å². The van der Waals surface area contributed by atoms with Gasteiger partial charge in [0.15, 0.2) is 11.5 Å². The molecule has 0 aliphatic rings. The Morgan fingerprint density at radius 2 is 1.85 bits per heavy atom. The first-order valence-electron chi connectivity index (χ1n) is 8.03. The van der Waals surface area contributed by atoms with Crippen LogP contribution in [0.3, 0.4) is 0 Å². The molecule has 1 heterocycles. The number of ether oxygens (including phenoxy) is 1. The molecule has 3 aromatic rings. The molecule has 27 heavy (non-hydrogen) atoms. The lowest BCUT2D eigenvalue weighted by molar-refractivity contribution is -0.123. The lowest BCUT2D eigenvalue weighted by atomic mass is 10.2. The van der Waals surface area contributed by atoms with Gasteiger partial charge in [-0.05, 0) is 43.3 Å². The Bertz CT molecular complexity index is 1110. The lowest BCUT2D eigenvalue weighted by Gasteiger charge is -2.13. The van der Waals surface area contributed by atoms with Crippen molar-refractivity contribution in [3.8, 4) is 6.07 Å². The van der Waals surface area contributed by atoms with Crippen molar-refractivity contribution in [3.63, 3.8) is 0 Å². The second-order valence-electron chi connectivity index (χ2n) is 5.70. The molecule has 2 aromatic carbocycles. The van der Waals surface area contributed by atoms with E-state index in [-0.39, 0.29) is 16.8 Å². The molecule has 0 saturated heterocycles. The molecule has 0 radical (unpaired) electrons. The van der Waals surface area contributed by atoms with E-state index in [1.165, 1.54) is 6.92 Å². The van der Waals surface area contributed by atoms with Gasteiger partial charge in [0.25, 0.3) is 5.91 Å². The van der Waals surface area contributed by atoms with Gasteiger partial charge in [0.1, 0.15) is 5.58 Å². The number of nitrogens with one attached hydrogen (secondary N) is 1. The van der Waals surface area contributed by atoms with Crippen molar-refractivity contribution in [2.24, 2.45) is 0 Å². The van der Waals surface area contributed by atoms with Gasteiger partial charge in [0.2, 0.25) is 5.76 Å². The Labute approximate surface area is 153 Å².